The van der Waals surface area contributed by atoms with Crippen LogP contribution >= 0.6 is 0 Å². The number of hydrogen-bond donors (Lipinski definition) is 1. The molecule has 0 saturated carbocycles. The van der Waals surface area contributed by atoms with E-state index >= 15 is 0 Å². The minimum atomic E-state index is -4.41. The lowest BCUT2D eigenvalue weighted by molar-refractivity contribution is -0.137. The van der Waals surface area contributed by atoms with E-state index in [9.17, 15) is 18.4 Å². The third-order valence-corrected chi connectivity index (χ3v) is 3.87. The number of halogens is 3. The summed E-state index contributed by atoms with van der Waals surface area (Å²) in [5.41, 5.74) is 7.73. The number of nitrogens with zero attached hydrogens (tertiary/aromatic N) is 2. The SMILES string of the molecule is CCCc1cc(N)c2nc(-c3ccc(C(F)(F)F)cc3)oc2c1C#N. The lowest BCUT2D eigenvalue weighted by atomic mass is 10.0. The van der Waals surface area contributed by atoms with Crippen LogP contribution in [0.25, 0.3) is 22.6 Å². The van der Waals surface area contributed by atoms with Crippen LogP contribution in [0.2, 0.25) is 0 Å². The number of aryl methyl sites for hydroxylation is 1. The zero-order chi connectivity index (χ0) is 18.2. The summed E-state index contributed by atoms with van der Waals surface area (Å²) in [6.07, 6.45) is -2.91. The van der Waals surface area contributed by atoms with E-state index in [1.165, 1.54) is 12.1 Å². The average molecular weight is 345 g/mol. The molecule has 0 atom stereocenters. The van der Waals surface area contributed by atoms with Crippen LogP contribution in [-0.4, -0.2) is 4.98 Å². The van der Waals surface area contributed by atoms with Crippen LogP contribution in [0.15, 0.2) is 34.7 Å². The number of hydrogen-bond acceptors (Lipinski definition) is 4. The molecule has 0 aliphatic carbocycles. The molecule has 1 aromatic heterocycles. The molecule has 25 heavy (non-hydrogen) atoms. The van der Waals surface area contributed by atoms with E-state index in [4.69, 9.17) is 10.2 Å². The van der Waals surface area contributed by atoms with Crippen molar-refractivity contribution in [1.29, 1.82) is 5.26 Å². The Morgan fingerprint density at radius 1 is 1.24 bits per heavy atom. The van der Waals surface area contributed by atoms with Gasteiger partial charge in [-0.25, -0.2) is 4.98 Å². The fourth-order valence-electron chi connectivity index (χ4n) is 2.67. The van der Waals surface area contributed by atoms with Gasteiger partial charge in [0.1, 0.15) is 17.1 Å². The number of nitriles is 1. The van der Waals surface area contributed by atoms with Gasteiger partial charge < -0.3 is 10.2 Å². The largest absolute Gasteiger partial charge is 0.435 e. The number of benzene rings is 2. The minimum Gasteiger partial charge on any atom is -0.435 e. The van der Waals surface area contributed by atoms with Crippen molar-refractivity contribution in [3.63, 3.8) is 0 Å². The molecule has 0 bridgehead atoms. The fraction of sp³-hybridized carbons (Fsp3) is 0.222. The molecule has 3 rings (SSSR count). The first-order valence-corrected chi connectivity index (χ1v) is 7.64. The molecule has 4 nitrogen and oxygen atoms in total. The van der Waals surface area contributed by atoms with Gasteiger partial charge in [-0.15, -0.1) is 0 Å². The Hall–Kier alpha value is -3.01. The summed E-state index contributed by atoms with van der Waals surface area (Å²) in [5.74, 6) is 0.126. The summed E-state index contributed by atoms with van der Waals surface area (Å²) in [5, 5.41) is 9.44. The number of oxazole rings is 1. The fourth-order valence-corrected chi connectivity index (χ4v) is 2.67. The summed E-state index contributed by atoms with van der Waals surface area (Å²) in [6.45, 7) is 1.98. The number of anilines is 1. The highest BCUT2D eigenvalue weighted by Crippen LogP contribution is 2.34. The van der Waals surface area contributed by atoms with Gasteiger partial charge in [-0.2, -0.15) is 18.4 Å². The quantitative estimate of drug-likeness (QED) is 0.684. The lowest BCUT2D eigenvalue weighted by Crippen LogP contribution is -2.03. The van der Waals surface area contributed by atoms with Gasteiger partial charge in [0.2, 0.25) is 5.89 Å². The van der Waals surface area contributed by atoms with Crippen molar-refractivity contribution in [2.75, 3.05) is 5.73 Å². The standard InChI is InChI=1S/C18H14F3N3O/c1-2-3-11-8-14(23)15-16(13(11)9-22)25-17(24-15)10-4-6-12(7-5-10)18(19,20)21/h4-8H,2-3,23H2,1H3. The summed E-state index contributed by atoms with van der Waals surface area (Å²) in [6, 6.07) is 8.28. The molecule has 3 aromatic rings. The average Bonchev–Trinajstić information content (AvgIpc) is 3.00. The number of nitrogens with two attached hydrogens (primary N) is 1. The van der Waals surface area contributed by atoms with Crippen molar-refractivity contribution < 1.29 is 17.6 Å². The van der Waals surface area contributed by atoms with Crippen molar-refractivity contribution in [2.45, 2.75) is 25.9 Å². The molecule has 0 radical (unpaired) electrons. The maximum absolute atomic E-state index is 12.7. The molecule has 1 heterocycles. The Kier molecular flexibility index (Phi) is 4.13. The van der Waals surface area contributed by atoms with Gasteiger partial charge in [0.05, 0.1) is 11.3 Å². The zero-order valence-electron chi connectivity index (χ0n) is 13.3. The number of nitrogen functional groups attached to an aromatic ring is 1. The monoisotopic (exact) mass is 345 g/mol. The molecule has 0 fully saturated rings. The Bertz CT molecular complexity index is 966. The molecule has 0 saturated heterocycles. The zero-order valence-corrected chi connectivity index (χ0v) is 13.3. The van der Waals surface area contributed by atoms with E-state index in [2.05, 4.69) is 11.1 Å². The smallest absolute Gasteiger partial charge is 0.416 e. The van der Waals surface area contributed by atoms with Crippen LogP contribution in [0.3, 0.4) is 0 Å². The topological polar surface area (TPSA) is 75.8 Å². The summed E-state index contributed by atoms with van der Waals surface area (Å²) >= 11 is 0. The first kappa shape index (κ1) is 16.8. The first-order valence-electron chi connectivity index (χ1n) is 7.64. The molecule has 2 N–H and O–H groups in total. The van der Waals surface area contributed by atoms with Crippen molar-refractivity contribution in [3.05, 3.63) is 47.0 Å². The Labute approximate surface area is 141 Å². The van der Waals surface area contributed by atoms with Gasteiger partial charge in [0, 0.05) is 5.56 Å². The number of fused-ring (bicyclic) bond motifs is 1. The Morgan fingerprint density at radius 2 is 1.92 bits per heavy atom. The molecule has 0 aliphatic rings. The van der Waals surface area contributed by atoms with Crippen LogP contribution in [0.5, 0.6) is 0 Å². The summed E-state index contributed by atoms with van der Waals surface area (Å²) in [7, 11) is 0. The number of alkyl halides is 3. The maximum Gasteiger partial charge on any atom is 0.416 e. The highest BCUT2D eigenvalue weighted by Gasteiger charge is 2.30. The molecular weight excluding hydrogens is 331 g/mol. The highest BCUT2D eigenvalue weighted by molar-refractivity contribution is 5.92. The van der Waals surface area contributed by atoms with Crippen molar-refractivity contribution in [3.8, 4) is 17.5 Å². The molecule has 0 spiro atoms. The lowest BCUT2D eigenvalue weighted by Gasteiger charge is -2.06. The molecule has 0 aliphatic heterocycles. The van der Waals surface area contributed by atoms with E-state index in [0.717, 1.165) is 24.1 Å². The molecule has 2 aromatic carbocycles. The van der Waals surface area contributed by atoms with Crippen LogP contribution in [0.1, 0.15) is 30.0 Å². The molecule has 0 amide bonds. The molecule has 7 heteroatoms. The van der Waals surface area contributed by atoms with Gasteiger partial charge in [0.25, 0.3) is 0 Å². The van der Waals surface area contributed by atoms with Crippen molar-refractivity contribution >= 4 is 16.8 Å². The normalized spacial score (nSPS) is 11.6. The Morgan fingerprint density at radius 3 is 2.48 bits per heavy atom. The van der Waals surface area contributed by atoms with Gasteiger partial charge in [-0.05, 0) is 42.3 Å². The second kappa shape index (κ2) is 6.13. The van der Waals surface area contributed by atoms with Gasteiger partial charge >= 0.3 is 6.18 Å². The van der Waals surface area contributed by atoms with Crippen LogP contribution in [0.4, 0.5) is 18.9 Å². The second-order valence-electron chi connectivity index (χ2n) is 5.63. The number of aromatic nitrogens is 1. The highest BCUT2D eigenvalue weighted by atomic mass is 19.4. The van der Waals surface area contributed by atoms with Crippen molar-refractivity contribution in [2.24, 2.45) is 0 Å². The van der Waals surface area contributed by atoms with Crippen molar-refractivity contribution in [1.82, 2.24) is 4.98 Å². The van der Waals surface area contributed by atoms with Crippen LogP contribution in [0, 0.1) is 11.3 Å². The minimum absolute atomic E-state index is 0.126. The Balaban J connectivity index is 2.13. The molecule has 0 unspecified atom stereocenters. The van der Waals surface area contributed by atoms with E-state index in [1.807, 2.05) is 6.92 Å². The van der Waals surface area contributed by atoms with Gasteiger partial charge in [-0.1, -0.05) is 13.3 Å². The predicted octanol–water partition coefficient (Wildman–Crippen LogP) is 4.92. The van der Waals surface area contributed by atoms with Crippen LogP contribution in [-0.2, 0) is 12.6 Å². The first-order chi connectivity index (χ1) is 11.8. The van der Waals surface area contributed by atoms with Crippen LogP contribution < -0.4 is 5.73 Å². The van der Waals surface area contributed by atoms with E-state index in [0.29, 0.717) is 28.8 Å². The van der Waals surface area contributed by atoms with Gasteiger partial charge in [-0.3, -0.25) is 0 Å². The second-order valence-corrected chi connectivity index (χ2v) is 5.63. The van der Waals surface area contributed by atoms with Gasteiger partial charge in [0.15, 0.2) is 5.58 Å². The molecular formula is C18H14F3N3O. The van der Waals surface area contributed by atoms with E-state index < -0.39 is 11.7 Å². The summed E-state index contributed by atoms with van der Waals surface area (Å²) in [4.78, 5) is 4.26. The van der Waals surface area contributed by atoms with E-state index in [1.54, 1.807) is 6.07 Å². The summed E-state index contributed by atoms with van der Waals surface area (Å²) < 4.78 is 43.7. The predicted molar refractivity (Wildman–Crippen MR) is 87.6 cm³/mol. The third-order valence-electron chi connectivity index (χ3n) is 3.87. The van der Waals surface area contributed by atoms with E-state index in [-0.39, 0.29) is 11.5 Å². The third kappa shape index (κ3) is 3.03. The molecule has 128 valence electrons. The maximum atomic E-state index is 12.7. The number of rotatable bonds is 3.